The highest BCUT2D eigenvalue weighted by Crippen LogP contribution is 2.30. The summed E-state index contributed by atoms with van der Waals surface area (Å²) >= 11 is 0. The Labute approximate surface area is 175 Å². The SMILES string of the molecule is COc1ccc(/C=N/NS(=O)(=O)c2ccccc2)cc1OS(=O)(=O)c1ccccc1. The van der Waals surface area contributed by atoms with Crippen molar-refractivity contribution in [2.75, 3.05) is 7.11 Å². The first-order valence-corrected chi connectivity index (χ1v) is 11.5. The van der Waals surface area contributed by atoms with Gasteiger partial charge in [0.25, 0.3) is 10.0 Å². The lowest BCUT2D eigenvalue weighted by Gasteiger charge is -2.11. The van der Waals surface area contributed by atoms with E-state index in [0.29, 0.717) is 5.56 Å². The lowest BCUT2D eigenvalue weighted by atomic mass is 10.2. The lowest BCUT2D eigenvalue weighted by molar-refractivity contribution is 0.390. The number of hydrogen-bond donors (Lipinski definition) is 1. The quantitative estimate of drug-likeness (QED) is 0.324. The first-order chi connectivity index (χ1) is 14.3. The maximum atomic E-state index is 12.5. The molecule has 156 valence electrons. The molecule has 0 aliphatic carbocycles. The number of nitrogens with one attached hydrogen (secondary N) is 1. The number of ether oxygens (including phenoxy) is 1. The van der Waals surface area contributed by atoms with Gasteiger partial charge in [-0.15, -0.1) is 0 Å². The predicted octanol–water partition coefficient (Wildman–Crippen LogP) is 2.78. The summed E-state index contributed by atoms with van der Waals surface area (Å²) in [4.78, 5) is 2.15. The highest BCUT2D eigenvalue weighted by Gasteiger charge is 2.19. The van der Waals surface area contributed by atoms with Gasteiger partial charge < -0.3 is 8.92 Å². The number of methoxy groups -OCH3 is 1. The zero-order valence-corrected chi connectivity index (χ0v) is 17.4. The maximum absolute atomic E-state index is 12.5. The fourth-order valence-corrected chi connectivity index (χ4v) is 4.18. The average Bonchev–Trinajstić information content (AvgIpc) is 2.75. The Hall–Kier alpha value is -3.37. The van der Waals surface area contributed by atoms with Crippen LogP contribution < -0.4 is 13.8 Å². The Balaban J connectivity index is 1.82. The summed E-state index contributed by atoms with van der Waals surface area (Å²) < 4.78 is 59.7. The summed E-state index contributed by atoms with van der Waals surface area (Å²) in [5.41, 5.74) is 0.393. The molecule has 0 amide bonds. The minimum absolute atomic E-state index is 0.0123. The van der Waals surface area contributed by atoms with Crippen LogP contribution in [0.15, 0.2) is 93.8 Å². The molecule has 0 spiro atoms. The van der Waals surface area contributed by atoms with Crippen LogP contribution >= 0.6 is 0 Å². The van der Waals surface area contributed by atoms with Crippen molar-refractivity contribution in [1.82, 2.24) is 4.83 Å². The van der Waals surface area contributed by atoms with Crippen molar-refractivity contribution in [3.8, 4) is 11.5 Å². The van der Waals surface area contributed by atoms with E-state index < -0.39 is 20.1 Å². The molecule has 0 bridgehead atoms. The van der Waals surface area contributed by atoms with E-state index in [9.17, 15) is 16.8 Å². The number of sulfonamides is 1. The molecule has 10 heteroatoms. The molecule has 0 aliphatic heterocycles. The van der Waals surface area contributed by atoms with Crippen LogP contribution in [0.3, 0.4) is 0 Å². The first-order valence-electron chi connectivity index (χ1n) is 8.59. The third-order valence-corrected chi connectivity index (χ3v) is 6.35. The molecule has 3 rings (SSSR count). The molecule has 0 saturated carbocycles. The van der Waals surface area contributed by atoms with Crippen molar-refractivity contribution in [2.24, 2.45) is 5.10 Å². The van der Waals surface area contributed by atoms with E-state index in [2.05, 4.69) is 9.93 Å². The van der Waals surface area contributed by atoms with E-state index in [1.54, 1.807) is 42.5 Å². The summed E-state index contributed by atoms with van der Waals surface area (Å²) in [5, 5.41) is 3.73. The van der Waals surface area contributed by atoms with Gasteiger partial charge in [0.15, 0.2) is 11.5 Å². The van der Waals surface area contributed by atoms with Gasteiger partial charge in [-0.2, -0.15) is 21.9 Å². The normalized spacial score (nSPS) is 11.9. The number of hydrogen-bond acceptors (Lipinski definition) is 7. The van der Waals surface area contributed by atoms with E-state index in [1.165, 1.54) is 49.7 Å². The fourth-order valence-electron chi connectivity index (χ4n) is 2.41. The molecule has 0 atom stereocenters. The number of benzene rings is 3. The molecule has 0 fully saturated rings. The van der Waals surface area contributed by atoms with Crippen LogP contribution in [0.2, 0.25) is 0 Å². The summed E-state index contributed by atoms with van der Waals surface area (Å²) in [6.45, 7) is 0. The van der Waals surface area contributed by atoms with Gasteiger partial charge in [-0.1, -0.05) is 36.4 Å². The zero-order valence-electron chi connectivity index (χ0n) is 15.8. The number of nitrogens with zero attached hydrogens (tertiary/aromatic N) is 1. The average molecular weight is 447 g/mol. The third kappa shape index (κ3) is 5.16. The molecule has 8 nitrogen and oxygen atoms in total. The van der Waals surface area contributed by atoms with Crippen LogP contribution in [0.1, 0.15) is 5.56 Å². The highest BCUT2D eigenvalue weighted by atomic mass is 32.2. The molecular formula is C20H18N2O6S2. The van der Waals surface area contributed by atoms with Gasteiger partial charge >= 0.3 is 10.1 Å². The summed E-state index contributed by atoms with van der Waals surface area (Å²) in [7, 11) is -6.52. The van der Waals surface area contributed by atoms with Crippen LogP contribution in [-0.4, -0.2) is 30.2 Å². The van der Waals surface area contributed by atoms with Crippen molar-refractivity contribution in [2.45, 2.75) is 9.79 Å². The summed E-state index contributed by atoms with van der Waals surface area (Å²) in [6, 6.07) is 19.9. The predicted molar refractivity (Wildman–Crippen MR) is 112 cm³/mol. The second kappa shape index (κ2) is 8.97. The topological polar surface area (TPSA) is 111 Å². The van der Waals surface area contributed by atoms with Crippen LogP contribution in [0, 0.1) is 0 Å². The van der Waals surface area contributed by atoms with Gasteiger partial charge in [0.05, 0.1) is 18.2 Å². The Bertz CT molecular complexity index is 1240. The number of hydrazone groups is 1. The Morgan fingerprint density at radius 3 is 2.00 bits per heavy atom. The van der Waals surface area contributed by atoms with Crippen molar-refractivity contribution in [1.29, 1.82) is 0 Å². The van der Waals surface area contributed by atoms with Gasteiger partial charge in [-0.25, -0.2) is 4.83 Å². The molecule has 0 heterocycles. The van der Waals surface area contributed by atoms with E-state index in [4.69, 9.17) is 8.92 Å². The molecule has 1 N–H and O–H groups in total. The van der Waals surface area contributed by atoms with Crippen molar-refractivity contribution in [3.63, 3.8) is 0 Å². The second-order valence-corrected chi connectivity index (χ2v) is 9.13. The van der Waals surface area contributed by atoms with Crippen molar-refractivity contribution < 1.29 is 25.8 Å². The van der Waals surface area contributed by atoms with Gasteiger partial charge in [-0.05, 0) is 48.0 Å². The molecule has 3 aromatic carbocycles. The minimum atomic E-state index is -4.08. The van der Waals surface area contributed by atoms with Crippen LogP contribution in [0.5, 0.6) is 11.5 Å². The molecule has 30 heavy (non-hydrogen) atoms. The van der Waals surface area contributed by atoms with Gasteiger partial charge in [-0.3, -0.25) is 0 Å². The molecule has 0 aliphatic rings. The van der Waals surface area contributed by atoms with Crippen LogP contribution in [0.4, 0.5) is 0 Å². The minimum Gasteiger partial charge on any atom is -0.493 e. The molecule has 0 radical (unpaired) electrons. The first kappa shape index (κ1) is 21.3. The van der Waals surface area contributed by atoms with E-state index in [-0.39, 0.29) is 21.3 Å². The van der Waals surface area contributed by atoms with Crippen LogP contribution in [-0.2, 0) is 20.1 Å². The van der Waals surface area contributed by atoms with Gasteiger partial charge in [0.2, 0.25) is 0 Å². The fraction of sp³-hybridized carbons (Fsp3) is 0.0500. The number of rotatable bonds is 8. The largest absolute Gasteiger partial charge is 0.493 e. The lowest BCUT2D eigenvalue weighted by Crippen LogP contribution is -2.18. The highest BCUT2D eigenvalue weighted by molar-refractivity contribution is 7.89. The standard InChI is InChI=1S/C20H18N2O6S2/c1-27-19-13-12-16(15-21-22-29(23,24)17-8-4-2-5-9-17)14-20(19)28-30(25,26)18-10-6-3-7-11-18/h2-15,22H,1H3/b21-15+. The summed E-state index contributed by atoms with van der Waals surface area (Å²) in [6.07, 6.45) is 1.22. The Morgan fingerprint density at radius 1 is 0.800 bits per heavy atom. The zero-order chi connectivity index (χ0) is 21.6. The van der Waals surface area contributed by atoms with Crippen LogP contribution in [0.25, 0.3) is 0 Å². The van der Waals surface area contributed by atoms with Gasteiger partial charge in [0, 0.05) is 0 Å². The second-order valence-electron chi connectivity index (χ2n) is 5.93. The molecule has 0 aromatic heterocycles. The van der Waals surface area contributed by atoms with E-state index in [1.807, 2.05) is 0 Å². The summed E-state index contributed by atoms with van der Waals surface area (Å²) in [5.74, 6) is 0.132. The van der Waals surface area contributed by atoms with Gasteiger partial charge in [0.1, 0.15) is 4.90 Å². The van der Waals surface area contributed by atoms with Crippen molar-refractivity contribution in [3.05, 3.63) is 84.4 Å². The Kier molecular flexibility index (Phi) is 6.38. The monoisotopic (exact) mass is 446 g/mol. The Morgan fingerprint density at radius 2 is 1.40 bits per heavy atom. The smallest absolute Gasteiger partial charge is 0.339 e. The van der Waals surface area contributed by atoms with E-state index >= 15 is 0 Å². The maximum Gasteiger partial charge on any atom is 0.339 e. The molecular weight excluding hydrogens is 428 g/mol. The van der Waals surface area contributed by atoms with Crippen molar-refractivity contribution >= 4 is 26.4 Å². The third-order valence-electron chi connectivity index (χ3n) is 3.86. The molecule has 0 saturated heterocycles. The molecule has 3 aromatic rings. The molecule has 0 unspecified atom stereocenters. The van der Waals surface area contributed by atoms with E-state index in [0.717, 1.165) is 0 Å².